The molecular formula is C33H38N4O4. The molecule has 41 heavy (non-hydrogen) atoms. The maximum absolute atomic E-state index is 14.1. The molecular weight excluding hydrogens is 516 g/mol. The number of carbonyl (C=O) groups is 3. The van der Waals surface area contributed by atoms with Crippen molar-refractivity contribution in [3.8, 4) is 5.75 Å². The number of amides is 3. The number of benzene rings is 3. The van der Waals surface area contributed by atoms with Crippen LogP contribution < -0.4 is 26.0 Å². The van der Waals surface area contributed by atoms with Gasteiger partial charge >= 0.3 is 0 Å². The lowest BCUT2D eigenvalue weighted by molar-refractivity contribution is -0.135. The summed E-state index contributed by atoms with van der Waals surface area (Å²) in [6.45, 7) is 3.87. The highest BCUT2D eigenvalue weighted by Gasteiger charge is 2.37. The van der Waals surface area contributed by atoms with Gasteiger partial charge in [0.25, 0.3) is 0 Å². The first-order chi connectivity index (χ1) is 19.9. The van der Waals surface area contributed by atoms with E-state index in [0.29, 0.717) is 24.2 Å². The maximum atomic E-state index is 14.1. The van der Waals surface area contributed by atoms with E-state index in [1.54, 1.807) is 31.5 Å². The first kappa shape index (κ1) is 29.6. The SMILES string of the molecule is CC[C@@H](C)[C@@H]1NC(=O)[C@@H](NC(=O)[C@H](Cc2ccccc2)NC)[C@@H](c2ccccc2)Oc2ccc(cc2)/C=C\NC1=O. The van der Waals surface area contributed by atoms with Gasteiger partial charge in [-0.05, 0) is 54.3 Å². The minimum atomic E-state index is -1.14. The zero-order valence-corrected chi connectivity index (χ0v) is 23.7. The van der Waals surface area contributed by atoms with Gasteiger partial charge in [-0.3, -0.25) is 14.4 Å². The highest BCUT2D eigenvalue weighted by molar-refractivity contribution is 5.94. The van der Waals surface area contributed by atoms with E-state index in [9.17, 15) is 14.4 Å². The van der Waals surface area contributed by atoms with E-state index >= 15 is 0 Å². The molecule has 0 unspecified atom stereocenters. The third-order valence-electron chi connectivity index (χ3n) is 7.40. The van der Waals surface area contributed by atoms with Crippen molar-refractivity contribution in [2.75, 3.05) is 7.05 Å². The number of hydrogen-bond acceptors (Lipinski definition) is 5. The van der Waals surface area contributed by atoms with Gasteiger partial charge in [-0.2, -0.15) is 0 Å². The van der Waals surface area contributed by atoms with Crippen LogP contribution >= 0.6 is 0 Å². The molecule has 3 aromatic rings. The molecule has 8 nitrogen and oxygen atoms in total. The quantitative estimate of drug-likeness (QED) is 0.339. The molecule has 0 saturated heterocycles. The van der Waals surface area contributed by atoms with E-state index in [0.717, 1.165) is 11.1 Å². The lowest BCUT2D eigenvalue weighted by Gasteiger charge is -2.32. The molecule has 2 bridgehead atoms. The Morgan fingerprint density at radius 1 is 0.927 bits per heavy atom. The molecule has 0 aliphatic carbocycles. The highest BCUT2D eigenvalue weighted by Crippen LogP contribution is 2.27. The molecule has 214 valence electrons. The van der Waals surface area contributed by atoms with Crippen LogP contribution in [0.1, 0.15) is 43.1 Å². The Balaban J connectivity index is 1.75. The second-order valence-electron chi connectivity index (χ2n) is 10.2. The molecule has 4 N–H and O–H groups in total. The standard InChI is InChI=1S/C33H38N4O4/c1-4-22(2)28-32(39)35-20-19-23-15-17-26(18-16-23)41-30(25-13-9-6-10-14-25)29(33(40)36-28)37-31(38)27(34-3)21-24-11-7-5-8-12-24/h5-20,22,27-30,34H,4,21H2,1-3H3,(H,35,39)(H,36,40)(H,37,38)/b20-19-/t22-,27+,28+,29+,30-/m1/s1. The summed E-state index contributed by atoms with van der Waals surface area (Å²) in [6.07, 6.45) is 3.57. The third-order valence-corrected chi connectivity index (χ3v) is 7.40. The number of fused-ring (bicyclic) bond motifs is 10. The molecule has 0 fully saturated rings. The van der Waals surface area contributed by atoms with Crippen molar-refractivity contribution in [1.29, 1.82) is 0 Å². The van der Waals surface area contributed by atoms with Crippen LogP contribution in [0.3, 0.4) is 0 Å². The topological polar surface area (TPSA) is 109 Å². The molecule has 8 heteroatoms. The Bertz CT molecular complexity index is 1330. The van der Waals surface area contributed by atoms with Crippen LogP contribution in [-0.2, 0) is 20.8 Å². The van der Waals surface area contributed by atoms with Crippen LogP contribution in [-0.4, -0.2) is 42.9 Å². The third kappa shape index (κ3) is 7.83. The van der Waals surface area contributed by atoms with Crippen LogP contribution in [0.5, 0.6) is 5.75 Å². The van der Waals surface area contributed by atoms with Gasteiger partial charge in [-0.25, -0.2) is 0 Å². The van der Waals surface area contributed by atoms with E-state index in [-0.39, 0.29) is 17.7 Å². The monoisotopic (exact) mass is 554 g/mol. The average molecular weight is 555 g/mol. The van der Waals surface area contributed by atoms with Crippen molar-refractivity contribution < 1.29 is 19.1 Å². The zero-order chi connectivity index (χ0) is 29.2. The minimum Gasteiger partial charge on any atom is -0.483 e. The molecule has 2 heterocycles. The summed E-state index contributed by atoms with van der Waals surface area (Å²) < 4.78 is 6.44. The Labute approximate surface area is 241 Å². The molecule has 0 radical (unpaired) electrons. The van der Waals surface area contributed by atoms with Crippen molar-refractivity contribution in [3.05, 3.63) is 108 Å². The van der Waals surface area contributed by atoms with E-state index in [1.807, 2.05) is 86.6 Å². The van der Waals surface area contributed by atoms with Crippen molar-refractivity contribution in [1.82, 2.24) is 21.3 Å². The molecule has 3 aromatic carbocycles. The second kappa shape index (κ2) is 14.3. The first-order valence-electron chi connectivity index (χ1n) is 14.0. The van der Waals surface area contributed by atoms with Crippen molar-refractivity contribution in [2.24, 2.45) is 5.92 Å². The number of hydrogen-bond donors (Lipinski definition) is 4. The smallest absolute Gasteiger partial charge is 0.247 e. The molecule has 5 rings (SSSR count). The lowest BCUT2D eigenvalue weighted by atomic mass is 9.95. The Morgan fingerprint density at radius 3 is 2.22 bits per heavy atom. The van der Waals surface area contributed by atoms with Crippen LogP contribution in [0.2, 0.25) is 0 Å². The van der Waals surface area contributed by atoms with Crippen molar-refractivity contribution >= 4 is 23.8 Å². The maximum Gasteiger partial charge on any atom is 0.247 e. The minimum absolute atomic E-state index is 0.158. The van der Waals surface area contributed by atoms with E-state index in [2.05, 4.69) is 21.3 Å². The van der Waals surface area contributed by atoms with Crippen LogP contribution in [0.25, 0.3) is 6.08 Å². The summed E-state index contributed by atoms with van der Waals surface area (Å²) in [7, 11) is 1.71. The van der Waals surface area contributed by atoms with Crippen LogP contribution in [0.15, 0.2) is 91.1 Å². The predicted octanol–water partition coefficient (Wildman–Crippen LogP) is 3.75. The lowest BCUT2D eigenvalue weighted by Crippen LogP contribution is -2.59. The molecule has 5 atom stereocenters. The number of likely N-dealkylation sites (N-methyl/N-ethyl adjacent to an activating group) is 1. The Kier molecular flexibility index (Phi) is 10.3. The number of ether oxygens (including phenoxy) is 1. The largest absolute Gasteiger partial charge is 0.483 e. The Morgan fingerprint density at radius 2 is 1.59 bits per heavy atom. The zero-order valence-electron chi connectivity index (χ0n) is 23.7. The fourth-order valence-electron chi connectivity index (χ4n) is 4.74. The van der Waals surface area contributed by atoms with Gasteiger partial charge in [0, 0.05) is 6.20 Å². The highest BCUT2D eigenvalue weighted by atomic mass is 16.5. The summed E-state index contributed by atoms with van der Waals surface area (Å²) >= 11 is 0. The number of nitrogens with one attached hydrogen (secondary N) is 4. The fourth-order valence-corrected chi connectivity index (χ4v) is 4.74. The molecule has 3 amide bonds. The van der Waals surface area contributed by atoms with Gasteiger partial charge in [0.1, 0.15) is 17.8 Å². The summed E-state index contributed by atoms with van der Waals surface area (Å²) in [4.78, 5) is 41.0. The summed E-state index contributed by atoms with van der Waals surface area (Å²) in [6, 6.07) is 23.7. The van der Waals surface area contributed by atoms with Gasteiger partial charge in [-0.15, -0.1) is 0 Å². The van der Waals surface area contributed by atoms with Gasteiger partial charge < -0.3 is 26.0 Å². The average Bonchev–Trinajstić information content (AvgIpc) is 3.01. The van der Waals surface area contributed by atoms with Crippen molar-refractivity contribution in [2.45, 2.75) is 50.9 Å². The van der Waals surface area contributed by atoms with Gasteiger partial charge in [0.2, 0.25) is 17.7 Å². The van der Waals surface area contributed by atoms with Crippen molar-refractivity contribution in [3.63, 3.8) is 0 Å². The van der Waals surface area contributed by atoms with E-state index < -0.39 is 30.1 Å². The number of rotatable bonds is 8. The van der Waals surface area contributed by atoms with E-state index in [4.69, 9.17) is 4.74 Å². The normalized spacial score (nSPS) is 21.4. The van der Waals surface area contributed by atoms with Gasteiger partial charge in [-0.1, -0.05) is 93.1 Å². The van der Waals surface area contributed by atoms with Crippen LogP contribution in [0.4, 0.5) is 0 Å². The summed E-state index contributed by atoms with van der Waals surface area (Å²) in [5.74, 6) is -0.826. The fraction of sp³-hybridized carbons (Fsp3) is 0.303. The van der Waals surface area contributed by atoms with Gasteiger partial charge in [0.15, 0.2) is 6.10 Å². The number of carbonyl (C=O) groups excluding carboxylic acids is 3. The molecule has 0 spiro atoms. The first-order valence-corrected chi connectivity index (χ1v) is 14.0. The van der Waals surface area contributed by atoms with E-state index in [1.165, 1.54) is 0 Å². The molecule has 0 saturated carbocycles. The molecule has 2 aliphatic rings. The van der Waals surface area contributed by atoms with Gasteiger partial charge in [0.05, 0.1) is 6.04 Å². The second-order valence-corrected chi connectivity index (χ2v) is 10.2. The summed E-state index contributed by atoms with van der Waals surface area (Å²) in [5, 5.41) is 11.8. The summed E-state index contributed by atoms with van der Waals surface area (Å²) in [5.41, 5.74) is 2.56. The van der Waals surface area contributed by atoms with Crippen LogP contribution in [0, 0.1) is 5.92 Å². The molecule has 0 aromatic heterocycles. The predicted molar refractivity (Wildman–Crippen MR) is 160 cm³/mol. The Hall–Kier alpha value is -4.43. The molecule has 2 aliphatic heterocycles.